The van der Waals surface area contributed by atoms with Crippen LogP contribution in [0, 0.1) is 0 Å². The van der Waals surface area contributed by atoms with Crippen molar-refractivity contribution in [2.24, 2.45) is 5.10 Å². The standard InChI is InChI=1S/C10H14N6O/c1-7-9(13-10(17)16-14-7)15-12-6-8-4-2-3-5-11-8/h2-7,9,14-15H,1H3,(H2,13,16,17)/b12-6+. The van der Waals surface area contributed by atoms with Crippen LogP contribution in [0.4, 0.5) is 4.79 Å². The summed E-state index contributed by atoms with van der Waals surface area (Å²) in [6, 6.07) is 5.30. The number of amides is 2. The number of nitrogens with one attached hydrogen (secondary N) is 4. The molecule has 4 N–H and O–H groups in total. The summed E-state index contributed by atoms with van der Waals surface area (Å²) in [7, 11) is 0. The van der Waals surface area contributed by atoms with E-state index in [9.17, 15) is 4.79 Å². The molecule has 0 radical (unpaired) electrons. The molecule has 1 aliphatic heterocycles. The molecular weight excluding hydrogens is 220 g/mol. The number of nitrogens with zero attached hydrogens (tertiary/aromatic N) is 2. The minimum Gasteiger partial charge on any atom is -0.314 e. The molecular formula is C10H14N6O. The largest absolute Gasteiger partial charge is 0.330 e. The van der Waals surface area contributed by atoms with Gasteiger partial charge in [0.25, 0.3) is 0 Å². The number of urea groups is 1. The second-order valence-corrected chi connectivity index (χ2v) is 3.65. The Hall–Kier alpha value is -2.15. The molecule has 2 heterocycles. The maximum absolute atomic E-state index is 11.1. The summed E-state index contributed by atoms with van der Waals surface area (Å²) >= 11 is 0. The van der Waals surface area contributed by atoms with Gasteiger partial charge in [0.15, 0.2) is 0 Å². The van der Waals surface area contributed by atoms with E-state index in [-0.39, 0.29) is 18.2 Å². The van der Waals surface area contributed by atoms with Crippen LogP contribution in [0.15, 0.2) is 29.5 Å². The molecule has 0 aromatic carbocycles. The monoisotopic (exact) mass is 234 g/mol. The molecule has 1 aromatic heterocycles. The molecule has 2 amide bonds. The van der Waals surface area contributed by atoms with Gasteiger partial charge in [-0.1, -0.05) is 6.07 Å². The zero-order valence-electron chi connectivity index (χ0n) is 9.34. The van der Waals surface area contributed by atoms with Crippen LogP contribution < -0.4 is 21.6 Å². The Labute approximate surface area is 98.7 Å². The Balaban J connectivity index is 1.89. The predicted octanol–water partition coefficient (Wildman–Crippen LogP) is -0.463. The molecule has 7 nitrogen and oxygen atoms in total. The normalized spacial score (nSPS) is 24.2. The maximum Gasteiger partial charge on any atom is 0.330 e. The lowest BCUT2D eigenvalue weighted by Gasteiger charge is -2.30. The number of carbonyl (C=O) groups is 1. The molecule has 7 heteroatoms. The molecule has 0 aliphatic carbocycles. The zero-order valence-corrected chi connectivity index (χ0v) is 9.34. The molecule has 90 valence electrons. The third kappa shape index (κ3) is 3.15. The topological polar surface area (TPSA) is 90.4 Å². The summed E-state index contributed by atoms with van der Waals surface area (Å²) in [6.07, 6.45) is 3.03. The minimum atomic E-state index is -0.284. The highest BCUT2D eigenvalue weighted by Gasteiger charge is 2.23. The van der Waals surface area contributed by atoms with E-state index in [0.717, 1.165) is 5.69 Å². The average molecular weight is 234 g/mol. The van der Waals surface area contributed by atoms with Gasteiger partial charge in [-0.05, 0) is 19.1 Å². The number of hydrazone groups is 1. The van der Waals surface area contributed by atoms with E-state index in [4.69, 9.17) is 0 Å². The van der Waals surface area contributed by atoms with Crippen molar-refractivity contribution in [3.8, 4) is 0 Å². The number of hydrazine groups is 1. The lowest BCUT2D eigenvalue weighted by Crippen LogP contribution is -2.67. The van der Waals surface area contributed by atoms with Crippen LogP contribution in [0.1, 0.15) is 12.6 Å². The molecule has 17 heavy (non-hydrogen) atoms. The Bertz CT molecular complexity index is 407. The smallest absolute Gasteiger partial charge is 0.314 e. The fourth-order valence-corrected chi connectivity index (χ4v) is 1.35. The van der Waals surface area contributed by atoms with Crippen LogP contribution in [-0.2, 0) is 0 Å². The second-order valence-electron chi connectivity index (χ2n) is 3.65. The SMILES string of the molecule is CC1NNC(=O)NC1N/N=C/c1ccccn1. The first kappa shape index (κ1) is 11.3. The number of hydrogen-bond acceptors (Lipinski definition) is 5. The van der Waals surface area contributed by atoms with Crippen LogP contribution in [0.5, 0.6) is 0 Å². The van der Waals surface area contributed by atoms with E-state index in [1.807, 2.05) is 25.1 Å². The molecule has 1 aromatic rings. The van der Waals surface area contributed by atoms with Gasteiger partial charge in [0.1, 0.15) is 6.17 Å². The fraction of sp³-hybridized carbons (Fsp3) is 0.300. The highest BCUT2D eigenvalue weighted by atomic mass is 16.2. The van der Waals surface area contributed by atoms with Crippen LogP contribution in [0.2, 0.25) is 0 Å². The van der Waals surface area contributed by atoms with Gasteiger partial charge < -0.3 is 5.32 Å². The van der Waals surface area contributed by atoms with E-state index in [1.165, 1.54) is 0 Å². The third-order valence-electron chi connectivity index (χ3n) is 2.30. The maximum atomic E-state index is 11.1. The molecule has 1 aliphatic rings. The number of hydrogen-bond donors (Lipinski definition) is 4. The summed E-state index contributed by atoms with van der Waals surface area (Å²) in [4.78, 5) is 15.2. The van der Waals surface area contributed by atoms with Gasteiger partial charge in [-0.3, -0.25) is 15.8 Å². The number of pyridine rings is 1. The Kier molecular flexibility index (Phi) is 3.51. The molecule has 0 bridgehead atoms. The van der Waals surface area contributed by atoms with E-state index >= 15 is 0 Å². The van der Waals surface area contributed by atoms with Crippen LogP contribution in [0.25, 0.3) is 0 Å². The van der Waals surface area contributed by atoms with Crippen molar-refractivity contribution in [1.82, 2.24) is 26.6 Å². The Morgan fingerprint density at radius 3 is 3.18 bits per heavy atom. The van der Waals surface area contributed by atoms with Crippen LogP contribution in [0.3, 0.4) is 0 Å². The van der Waals surface area contributed by atoms with Gasteiger partial charge >= 0.3 is 6.03 Å². The molecule has 2 unspecified atom stereocenters. The molecule has 1 fully saturated rings. The summed E-state index contributed by atoms with van der Waals surface area (Å²) in [5.41, 5.74) is 8.88. The number of carbonyl (C=O) groups excluding carboxylic acids is 1. The van der Waals surface area contributed by atoms with Gasteiger partial charge in [-0.2, -0.15) is 5.10 Å². The van der Waals surface area contributed by atoms with E-state index < -0.39 is 0 Å². The summed E-state index contributed by atoms with van der Waals surface area (Å²) < 4.78 is 0. The Morgan fingerprint density at radius 2 is 2.41 bits per heavy atom. The first-order valence-electron chi connectivity index (χ1n) is 5.27. The van der Waals surface area contributed by atoms with Gasteiger partial charge in [0.05, 0.1) is 18.0 Å². The van der Waals surface area contributed by atoms with Crippen molar-refractivity contribution in [3.05, 3.63) is 30.1 Å². The van der Waals surface area contributed by atoms with Crippen molar-refractivity contribution >= 4 is 12.2 Å². The quantitative estimate of drug-likeness (QED) is 0.420. The van der Waals surface area contributed by atoms with Gasteiger partial charge in [0.2, 0.25) is 0 Å². The first-order valence-corrected chi connectivity index (χ1v) is 5.27. The second kappa shape index (κ2) is 5.26. The molecule has 1 saturated heterocycles. The highest BCUT2D eigenvalue weighted by molar-refractivity contribution is 5.76. The van der Waals surface area contributed by atoms with E-state index in [2.05, 4.69) is 31.7 Å². The molecule has 2 rings (SSSR count). The van der Waals surface area contributed by atoms with Crippen LogP contribution >= 0.6 is 0 Å². The van der Waals surface area contributed by atoms with Crippen LogP contribution in [-0.4, -0.2) is 29.4 Å². The highest BCUT2D eigenvalue weighted by Crippen LogP contribution is 1.93. The minimum absolute atomic E-state index is 0.0218. The third-order valence-corrected chi connectivity index (χ3v) is 2.30. The van der Waals surface area contributed by atoms with Gasteiger partial charge in [-0.15, -0.1) is 0 Å². The number of aromatic nitrogens is 1. The van der Waals surface area contributed by atoms with E-state index in [0.29, 0.717) is 0 Å². The zero-order chi connectivity index (χ0) is 12.1. The van der Waals surface area contributed by atoms with Gasteiger partial charge in [0, 0.05) is 6.20 Å². The molecule has 0 saturated carbocycles. The lowest BCUT2D eigenvalue weighted by atomic mass is 10.2. The van der Waals surface area contributed by atoms with Crippen molar-refractivity contribution in [1.29, 1.82) is 0 Å². The number of rotatable bonds is 3. The summed E-state index contributed by atoms with van der Waals surface area (Å²) in [5.74, 6) is 0. The van der Waals surface area contributed by atoms with Gasteiger partial charge in [-0.25, -0.2) is 10.2 Å². The van der Waals surface area contributed by atoms with Crippen molar-refractivity contribution in [2.45, 2.75) is 19.1 Å². The van der Waals surface area contributed by atoms with Crippen molar-refractivity contribution in [2.75, 3.05) is 0 Å². The fourth-order valence-electron chi connectivity index (χ4n) is 1.35. The van der Waals surface area contributed by atoms with E-state index in [1.54, 1.807) is 12.4 Å². The Morgan fingerprint density at radius 1 is 1.53 bits per heavy atom. The first-order chi connectivity index (χ1) is 8.25. The molecule has 0 spiro atoms. The average Bonchev–Trinajstić information content (AvgIpc) is 2.35. The molecule has 2 atom stereocenters. The predicted molar refractivity (Wildman–Crippen MR) is 63.0 cm³/mol. The van der Waals surface area contributed by atoms with Crippen molar-refractivity contribution in [3.63, 3.8) is 0 Å². The summed E-state index contributed by atoms with van der Waals surface area (Å²) in [6.45, 7) is 1.92. The lowest BCUT2D eigenvalue weighted by molar-refractivity contribution is 0.202. The van der Waals surface area contributed by atoms with Crippen molar-refractivity contribution < 1.29 is 4.79 Å². The summed E-state index contributed by atoms with van der Waals surface area (Å²) in [5, 5.41) is 6.72.